The molecule has 0 saturated heterocycles. The lowest BCUT2D eigenvalue weighted by atomic mass is 9.88. The predicted octanol–water partition coefficient (Wildman–Crippen LogP) is 3.24. The number of aryl methyl sites for hydroxylation is 1. The van der Waals surface area contributed by atoms with Gasteiger partial charge in [0.15, 0.2) is 0 Å². The van der Waals surface area contributed by atoms with E-state index in [2.05, 4.69) is 4.57 Å². The van der Waals surface area contributed by atoms with Gasteiger partial charge in [-0.15, -0.1) is 0 Å². The highest BCUT2D eigenvalue weighted by molar-refractivity contribution is 5.89. The summed E-state index contributed by atoms with van der Waals surface area (Å²) >= 11 is 0. The van der Waals surface area contributed by atoms with Crippen molar-refractivity contribution in [3.8, 4) is 0 Å². The van der Waals surface area contributed by atoms with Crippen molar-refractivity contribution in [3.63, 3.8) is 0 Å². The van der Waals surface area contributed by atoms with Crippen LogP contribution in [-0.2, 0) is 6.54 Å². The zero-order chi connectivity index (χ0) is 12.9. The van der Waals surface area contributed by atoms with Crippen molar-refractivity contribution in [1.29, 1.82) is 0 Å². The molecule has 18 heavy (non-hydrogen) atoms. The van der Waals surface area contributed by atoms with Gasteiger partial charge in [0, 0.05) is 17.9 Å². The molecule has 3 unspecified atom stereocenters. The number of carbonyl (C=O) groups is 1. The summed E-state index contributed by atoms with van der Waals surface area (Å²) in [7, 11) is 0. The summed E-state index contributed by atoms with van der Waals surface area (Å²) < 4.78 is 2.22. The van der Waals surface area contributed by atoms with E-state index in [-0.39, 0.29) is 0 Å². The van der Waals surface area contributed by atoms with Gasteiger partial charge >= 0.3 is 5.97 Å². The largest absolute Gasteiger partial charge is 0.478 e. The summed E-state index contributed by atoms with van der Waals surface area (Å²) in [5.74, 6) is 1.82. The Labute approximate surface area is 108 Å². The lowest BCUT2D eigenvalue weighted by Gasteiger charge is -2.23. The van der Waals surface area contributed by atoms with E-state index in [1.807, 2.05) is 19.9 Å². The summed E-state index contributed by atoms with van der Waals surface area (Å²) in [4.78, 5) is 11.1. The molecule has 0 amide bonds. The monoisotopic (exact) mass is 247 g/mol. The SMILES string of the molecule is Cc1cc(C(=O)O)c(C)n1CC1CC2CCC1C2. The molecule has 2 saturated carbocycles. The maximum atomic E-state index is 11.1. The van der Waals surface area contributed by atoms with Crippen molar-refractivity contribution >= 4 is 5.97 Å². The molecule has 0 radical (unpaired) electrons. The van der Waals surface area contributed by atoms with Crippen molar-refractivity contribution < 1.29 is 9.90 Å². The van der Waals surface area contributed by atoms with E-state index in [0.717, 1.165) is 35.7 Å². The van der Waals surface area contributed by atoms with Gasteiger partial charge in [0.2, 0.25) is 0 Å². The van der Waals surface area contributed by atoms with Crippen LogP contribution in [0.2, 0.25) is 0 Å². The van der Waals surface area contributed by atoms with Crippen molar-refractivity contribution in [3.05, 3.63) is 23.0 Å². The Bertz CT molecular complexity index is 489. The first-order valence-electron chi connectivity index (χ1n) is 6.96. The highest BCUT2D eigenvalue weighted by atomic mass is 16.4. The van der Waals surface area contributed by atoms with Crippen LogP contribution in [-0.4, -0.2) is 15.6 Å². The lowest BCUT2D eigenvalue weighted by molar-refractivity contribution is 0.0696. The van der Waals surface area contributed by atoms with E-state index in [4.69, 9.17) is 5.11 Å². The molecule has 2 aliphatic rings. The number of aromatic carboxylic acids is 1. The number of nitrogens with zero attached hydrogens (tertiary/aromatic N) is 1. The third-order valence-corrected chi connectivity index (χ3v) is 5.11. The smallest absolute Gasteiger partial charge is 0.337 e. The first kappa shape index (κ1) is 11.8. The molecule has 1 N–H and O–H groups in total. The lowest BCUT2D eigenvalue weighted by Crippen LogP contribution is -2.19. The fraction of sp³-hybridized carbons (Fsp3) is 0.667. The van der Waals surface area contributed by atoms with Gasteiger partial charge in [-0.2, -0.15) is 0 Å². The molecule has 2 fully saturated rings. The van der Waals surface area contributed by atoms with Gasteiger partial charge in [0.25, 0.3) is 0 Å². The van der Waals surface area contributed by atoms with Crippen molar-refractivity contribution in [2.24, 2.45) is 17.8 Å². The molecule has 1 aromatic heterocycles. The molecule has 3 atom stereocenters. The molecule has 3 rings (SSSR count). The number of hydrogen-bond donors (Lipinski definition) is 1. The van der Waals surface area contributed by atoms with E-state index in [0.29, 0.717) is 5.56 Å². The number of hydrogen-bond acceptors (Lipinski definition) is 1. The molecule has 0 aromatic carbocycles. The first-order chi connectivity index (χ1) is 8.56. The van der Waals surface area contributed by atoms with Crippen LogP contribution in [0.5, 0.6) is 0 Å². The second kappa shape index (κ2) is 4.15. The van der Waals surface area contributed by atoms with Crippen LogP contribution in [0.3, 0.4) is 0 Å². The van der Waals surface area contributed by atoms with Gasteiger partial charge in [-0.25, -0.2) is 4.79 Å². The molecule has 3 nitrogen and oxygen atoms in total. The van der Waals surface area contributed by atoms with Crippen molar-refractivity contribution in [1.82, 2.24) is 4.57 Å². The average Bonchev–Trinajstić information content (AvgIpc) is 2.98. The van der Waals surface area contributed by atoms with Crippen LogP contribution in [0.25, 0.3) is 0 Å². The van der Waals surface area contributed by atoms with E-state index in [1.54, 1.807) is 0 Å². The maximum Gasteiger partial charge on any atom is 0.337 e. The van der Waals surface area contributed by atoms with Crippen LogP contribution in [0.1, 0.15) is 47.4 Å². The molecular weight excluding hydrogens is 226 g/mol. The number of carboxylic acids is 1. The van der Waals surface area contributed by atoms with Crippen LogP contribution >= 0.6 is 0 Å². The zero-order valence-corrected chi connectivity index (χ0v) is 11.1. The Morgan fingerprint density at radius 2 is 2.17 bits per heavy atom. The average molecular weight is 247 g/mol. The van der Waals surface area contributed by atoms with Crippen LogP contribution in [0.15, 0.2) is 6.07 Å². The Balaban J connectivity index is 1.82. The second-order valence-electron chi connectivity index (χ2n) is 6.14. The van der Waals surface area contributed by atoms with E-state index in [9.17, 15) is 4.79 Å². The zero-order valence-electron chi connectivity index (χ0n) is 11.1. The van der Waals surface area contributed by atoms with Gasteiger partial charge in [-0.3, -0.25) is 0 Å². The van der Waals surface area contributed by atoms with Crippen LogP contribution in [0.4, 0.5) is 0 Å². The minimum Gasteiger partial charge on any atom is -0.478 e. The third kappa shape index (κ3) is 1.76. The van der Waals surface area contributed by atoms with Crippen molar-refractivity contribution in [2.75, 3.05) is 0 Å². The highest BCUT2D eigenvalue weighted by Crippen LogP contribution is 2.49. The topological polar surface area (TPSA) is 42.2 Å². The molecule has 98 valence electrons. The molecule has 3 heteroatoms. The van der Waals surface area contributed by atoms with Crippen LogP contribution < -0.4 is 0 Å². The summed E-state index contributed by atoms with van der Waals surface area (Å²) in [6.45, 7) is 4.97. The summed E-state index contributed by atoms with van der Waals surface area (Å²) in [5.41, 5.74) is 2.48. The molecule has 1 aromatic rings. The summed E-state index contributed by atoms with van der Waals surface area (Å²) in [6.07, 6.45) is 5.58. The Morgan fingerprint density at radius 1 is 1.39 bits per heavy atom. The van der Waals surface area contributed by atoms with Gasteiger partial charge in [0.05, 0.1) is 5.56 Å². The number of rotatable bonds is 3. The molecule has 1 heterocycles. The standard InChI is InChI=1S/C15H21NO2/c1-9-5-14(15(17)18)10(2)16(9)8-13-7-11-3-4-12(13)6-11/h5,11-13H,3-4,6-8H2,1-2H3,(H,17,18). The first-order valence-corrected chi connectivity index (χ1v) is 6.96. The fourth-order valence-corrected chi connectivity index (χ4v) is 4.13. The Hall–Kier alpha value is -1.25. The fourth-order valence-electron chi connectivity index (χ4n) is 4.13. The predicted molar refractivity (Wildman–Crippen MR) is 69.8 cm³/mol. The highest BCUT2D eigenvalue weighted by Gasteiger charge is 2.39. The summed E-state index contributed by atoms with van der Waals surface area (Å²) in [6, 6.07) is 1.81. The number of aromatic nitrogens is 1. The molecule has 0 spiro atoms. The molecule has 0 aliphatic heterocycles. The Morgan fingerprint density at radius 3 is 2.67 bits per heavy atom. The minimum atomic E-state index is -0.803. The third-order valence-electron chi connectivity index (χ3n) is 5.11. The van der Waals surface area contributed by atoms with Gasteiger partial charge in [-0.05, 0) is 56.9 Å². The molecular formula is C15H21NO2. The van der Waals surface area contributed by atoms with Crippen LogP contribution in [0, 0.1) is 31.6 Å². The van der Waals surface area contributed by atoms with Crippen molar-refractivity contribution in [2.45, 2.75) is 46.1 Å². The maximum absolute atomic E-state index is 11.1. The number of carboxylic acid groups (broad SMARTS) is 1. The molecule has 2 bridgehead atoms. The van der Waals surface area contributed by atoms with E-state index in [1.165, 1.54) is 25.7 Å². The minimum absolute atomic E-state index is 0.468. The van der Waals surface area contributed by atoms with Gasteiger partial charge < -0.3 is 9.67 Å². The van der Waals surface area contributed by atoms with Gasteiger partial charge in [-0.1, -0.05) is 6.42 Å². The quantitative estimate of drug-likeness (QED) is 0.891. The summed E-state index contributed by atoms with van der Waals surface area (Å²) in [5, 5.41) is 9.16. The van der Waals surface area contributed by atoms with E-state index < -0.39 is 5.97 Å². The number of fused-ring (bicyclic) bond motifs is 2. The normalized spacial score (nSPS) is 30.0. The van der Waals surface area contributed by atoms with Gasteiger partial charge in [0.1, 0.15) is 0 Å². The van der Waals surface area contributed by atoms with E-state index >= 15 is 0 Å². The Kier molecular flexibility index (Phi) is 2.72. The molecule has 2 aliphatic carbocycles. The second-order valence-corrected chi connectivity index (χ2v) is 6.14.